The fourth-order valence-electron chi connectivity index (χ4n) is 4.33. The summed E-state index contributed by atoms with van der Waals surface area (Å²) in [4.78, 5) is 2.61. The molecule has 0 saturated heterocycles. The number of hydrogen-bond acceptors (Lipinski definition) is 1. The lowest BCUT2D eigenvalue weighted by atomic mass is 10.0. The first-order valence-corrected chi connectivity index (χ1v) is 13.6. The standard InChI is InChI=1S/C27H57N/c1-4-7-8-9-10-11-12-13-14-15-16-17-18-19-20-21-22-23-24-25-27-28(6-3)26-5-2/h4-27H2,1-3H3. The van der Waals surface area contributed by atoms with Gasteiger partial charge in [-0.3, -0.25) is 0 Å². The maximum Gasteiger partial charge on any atom is -0.00189 e. The van der Waals surface area contributed by atoms with Crippen molar-refractivity contribution >= 4 is 0 Å². The van der Waals surface area contributed by atoms with Crippen LogP contribution >= 0.6 is 0 Å². The molecule has 170 valence electrons. The smallest absolute Gasteiger partial charge is 0.00189 e. The molecule has 0 aromatic rings. The average Bonchev–Trinajstić information content (AvgIpc) is 2.71. The number of rotatable bonds is 24. The molecule has 0 aromatic carbocycles. The first-order chi connectivity index (χ1) is 13.8. The van der Waals surface area contributed by atoms with Crippen LogP contribution in [-0.2, 0) is 0 Å². The third-order valence-electron chi connectivity index (χ3n) is 6.31. The van der Waals surface area contributed by atoms with Gasteiger partial charge in [-0.1, -0.05) is 143 Å². The van der Waals surface area contributed by atoms with Crippen LogP contribution in [0.1, 0.15) is 156 Å². The third kappa shape index (κ3) is 22.3. The van der Waals surface area contributed by atoms with Crippen molar-refractivity contribution in [3.8, 4) is 0 Å². The molecule has 0 heterocycles. The first kappa shape index (κ1) is 28.0. The summed E-state index contributed by atoms with van der Waals surface area (Å²) in [6.45, 7) is 10.7. The highest BCUT2D eigenvalue weighted by atomic mass is 15.1. The van der Waals surface area contributed by atoms with E-state index in [2.05, 4.69) is 25.7 Å². The molecular weight excluding hydrogens is 338 g/mol. The molecular formula is C27H57N. The normalized spacial score (nSPS) is 11.6. The molecule has 0 spiro atoms. The van der Waals surface area contributed by atoms with Crippen LogP contribution in [0.15, 0.2) is 0 Å². The molecule has 0 fully saturated rings. The Morgan fingerprint density at radius 1 is 0.321 bits per heavy atom. The minimum atomic E-state index is 1.23. The molecule has 0 aromatic heterocycles. The minimum Gasteiger partial charge on any atom is -0.304 e. The van der Waals surface area contributed by atoms with Gasteiger partial charge in [0.05, 0.1) is 0 Å². The SMILES string of the molecule is CCCCCCCCCCCCCCCCCCCCCCN(CC)CCC. The van der Waals surface area contributed by atoms with Crippen LogP contribution in [-0.4, -0.2) is 24.5 Å². The van der Waals surface area contributed by atoms with E-state index >= 15 is 0 Å². The molecule has 1 heteroatoms. The van der Waals surface area contributed by atoms with E-state index in [-0.39, 0.29) is 0 Å². The summed E-state index contributed by atoms with van der Waals surface area (Å²) < 4.78 is 0. The highest BCUT2D eigenvalue weighted by molar-refractivity contribution is 4.55. The summed E-state index contributed by atoms with van der Waals surface area (Å²) in [5.74, 6) is 0. The number of nitrogens with zero attached hydrogens (tertiary/aromatic N) is 1. The Bertz CT molecular complexity index is 263. The second-order valence-corrected chi connectivity index (χ2v) is 9.15. The van der Waals surface area contributed by atoms with Crippen LogP contribution in [0.5, 0.6) is 0 Å². The number of hydrogen-bond donors (Lipinski definition) is 0. The first-order valence-electron chi connectivity index (χ1n) is 13.6. The van der Waals surface area contributed by atoms with Crippen molar-refractivity contribution < 1.29 is 0 Å². The van der Waals surface area contributed by atoms with Crippen molar-refractivity contribution in [3.63, 3.8) is 0 Å². The molecule has 0 saturated carbocycles. The molecule has 0 atom stereocenters. The monoisotopic (exact) mass is 395 g/mol. The quantitative estimate of drug-likeness (QED) is 0.147. The van der Waals surface area contributed by atoms with E-state index < -0.39 is 0 Å². The summed E-state index contributed by atoms with van der Waals surface area (Å²) >= 11 is 0. The molecule has 0 aliphatic rings. The lowest BCUT2D eigenvalue weighted by molar-refractivity contribution is 0.281. The van der Waals surface area contributed by atoms with Gasteiger partial charge in [-0.25, -0.2) is 0 Å². The van der Waals surface area contributed by atoms with Crippen LogP contribution < -0.4 is 0 Å². The molecule has 0 N–H and O–H groups in total. The van der Waals surface area contributed by atoms with Gasteiger partial charge >= 0.3 is 0 Å². The summed E-state index contributed by atoms with van der Waals surface area (Å²) in [6.07, 6.45) is 30.7. The third-order valence-corrected chi connectivity index (χ3v) is 6.31. The van der Waals surface area contributed by atoms with Crippen LogP contribution in [0.4, 0.5) is 0 Å². The zero-order chi connectivity index (χ0) is 20.5. The van der Waals surface area contributed by atoms with E-state index in [1.165, 1.54) is 154 Å². The van der Waals surface area contributed by atoms with Gasteiger partial charge in [-0.05, 0) is 32.5 Å². The fourth-order valence-corrected chi connectivity index (χ4v) is 4.33. The molecule has 0 unspecified atom stereocenters. The Kier molecular flexibility index (Phi) is 25.0. The highest BCUT2D eigenvalue weighted by Gasteiger charge is 2.00. The Balaban J connectivity index is 3.07. The van der Waals surface area contributed by atoms with Crippen LogP contribution in [0.3, 0.4) is 0 Å². The van der Waals surface area contributed by atoms with E-state index in [1.807, 2.05) is 0 Å². The van der Waals surface area contributed by atoms with Gasteiger partial charge in [-0.15, -0.1) is 0 Å². The molecule has 28 heavy (non-hydrogen) atoms. The van der Waals surface area contributed by atoms with Gasteiger partial charge < -0.3 is 4.90 Å². The van der Waals surface area contributed by atoms with Crippen molar-refractivity contribution in [1.82, 2.24) is 4.90 Å². The van der Waals surface area contributed by atoms with E-state index in [1.54, 1.807) is 0 Å². The van der Waals surface area contributed by atoms with Crippen molar-refractivity contribution in [3.05, 3.63) is 0 Å². The van der Waals surface area contributed by atoms with Crippen LogP contribution in [0.2, 0.25) is 0 Å². The molecule has 0 aliphatic heterocycles. The van der Waals surface area contributed by atoms with Gasteiger partial charge in [0.1, 0.15) is 0 Å². The van der Waals surface area contributed by atoms with E-state index in [9.17, 15) is 0 Å². The van der Waals surface area contributed by atoms with Gasteiger partial charge in [-0.2, -0.15) is 0 Å². The molecule has 0 rings (SSSR count). The largest absolute Gasteiger partial charge is 0.304 e. The topological polar surface area (TPSA) is 3.24 Å². The van der Waals surface area contributed by atoms with Crippen molar-refractivity contribution in [2.45, 2.75) is 156 Å². The van der Waals surface area contributed by atoms with Crippen molar-refractivity contribution in [2.75, 3.05) is 19.6 Å². The molecule has 0 amide bonds. The zero-order valence-electron chi connectivity index (χ0n) is 20.4. The predicted octanol–water partition coefficient (Wildman–Crippen LogP) is 9.54. The summed E-state index contributed by atoms with van der Waals surface area (Å²) in [6, 6.07) is 0. The fraction of sp³-hybridized carbons (Fsp3) is 1.00. The van der Waals surface area contributed by atoms with Crippen LogP contribution in [0, 0.1) is 0 Å². The summed E-state index contributed by atoms with van der Waals surface area (Å²) in [5, 5.41) is 0. The van der Waals surface area contributed by atoms with Gasteiger partial charge in [0.2, 0.25) is 0 Å². The lowest BCUT2D eigenvalue weighted by Gasteiger charge is -2.19. The Morgan fingerprint density at radius 2 is 0.643 bits per heavy atom. The minimum absolute atomic E-state index is 1.23. The Labute approximate surface area is 180 Å². The second-order valence-electron chi connectivity index (χ2n) is 9.15. The summed E-state index contributed by atoms with van der Waals surface area (Å²) in [7, 11) is 0. The van der Waals surface area contributed by atoms with Gasteiger partial charge in [0, 0.05) is 0 Å². The maximum absolute atomic E-state index is 2.61. The maximum atomic E-state index is 2.61. The zero-order valence-corrected chi connectivity index (χ0v) is 20.4. The molecule has 0 bridgehead atoms. The second kappa shape index (κ2) is 25.0. The van der Waals surface area contributed by atoms with Gasteiger partial charge in [0.15, 0.2) is 0 Å². The molecule has 0 radical (unpaired) electrons. The highest BCUT2D eigenvalue weighted by Crippen LogP contribution is 2.14. The van der Waals surface area contributed by atoms with E-state index in [0.29, 0.717) is 0 Å². The van der Waals surface area contributed by atoms with Crippen LogP contribution in [0.25, 0.3) is 0 Å². The van der Waals surface area contributed by atoms with E-state index in [0.717, 1.165) is 0 Å². The van der Waals surface area contributed by atoms with E-state index in [4.69, 9.17) is 0 Å². The average molecular weight is 396 g/mol. The predicted molar refractivity (Wildman–Crippen MR) is 130 cm³/mol. The molecule has 0 aliphatic carbocycles. The van der Waals surface area contributed by atoms with Crippen molar-refractivity contribution in [2.24, 2.45) is 0 Å². The van der Waals surface area contributed by atoms with Crippen molar-refractivity contribution in [1.29, 1.82) is 0 Å². The molecule has 1 nitrogen and oxygen atoms in total. The Hall–Kier alpha value is -0.0400. The number of unbranched alkanes of at least 4 members (excludes halogenated alkanes) is 19. The lowest BCUT2D eigenvalue weighted by Crippen LogP contribution is -2.25. The summed E-state index contributed by atoms with van der Waals surface area (Å²) in [5.41, 5.74) is 0. The Morgan fingerprint density at radius 3 is 0.929 bits per heavy atom. The van der Waals surface area contributed by atoms with Gasteiger partial charge in [0.25, 0.3) is 0 Å².